The Kier molecular flexibility index (Phi) is 8.59. The smallest absolute Gasteiger partial charge is 0.308 e. The molecular formula is C43H37O6P. The largest absolute Gasteiger partial charge is 0.497 e. The van der Waals surface area contributed by atoms with Gasteiger partial charge in [-0.1, -0.05) is 90.5 Å². The van der Waals surface area contributed by atoms with Gasteiger partial charge >= 0.3 is 5.97 Å². The number of para-hydroxylation sites is 1. The van der Waals surface area contributed by atoms with Crippen LogP contribution < -0.4 is 24.0 Å². The summed E-state index contributed by atoms with van der Waals surface area (Å²) in [6.45, 7) is 7.52. The Morgan fingerprint density at radius 2 is 1.14 bits per heavy atom. The predicted molar refractivity (Wildman–Crippen MR) is 198 cm³/mol. The molecule has 7 rings (SSSR count). The number of benzene rings is 6. The molecule has 6 aromatic carbocycles. The fraction of sp³-hybridized carbons (Fsp3) is 0.140. The van der Waals surface area contributed by atoms with Crippen LogP contribution in [0.5, 0.6) is 28.7 Å². The monoisotopic (exact) mass is 680 g/mol. The topological polar surface area (TPSA) is 71.1 Å². The van der Waals surface area contributed by atoms with Gasteiger partial charge in [-0.3, -0.25) is 9.36 Å². The van der Waals surface area contributed by atoms with Crippen LogP contribution in [0.25, 0.3) is 11.1 Å². The molecule has 0 bridgehead atoms. The van der Waals surface area contributed by atoms with Gasteiger partial charge < -0.3 is 18.7 Å². The van der Waals surface area contributed by atoms with E-state index in [0.717, 1.165) is 39.1 Å². The highest BCUT2D eigenvalue weighted by atomic mass is 31.2. The van der Waals surface area contributed by atoms with E-state index in [1.807, 2.05) is 123 Å². The van der Waals surface area contributed by atoms with Crippen LogP contribution >= 0.6 is 7.37 Å². The van der Waals surface area contributed by atoms with Crippen molar-refractivity contribution in [3.05, 3.63) is 167 Å². The van der Waals surface area contributed by atoms with Crippen LogP contribution in [0.2, 0.25) is 0 Å². The second-order valence-corrected chi connectivity index (χ2v) is 15.0. The van der Waals surface area contributed by atoms with E-state index < -0.39 is 18.5 Å². The van der Waals surface area contributed by atoms with Crippen LogP contribution in [0, 0.1) is 20.8 Å². The first kappa shape index (κ1) is 32.9. The minimum atomic E-state index is -4.00. The third-order valence-corrected chi connectivity index (χ3v) is 12.3. The molecule has 0 saturated heterocycles. The molecule has 0 radical (unpaired) electrons. The van der Waals surface area contributed by atoms with E-state index in [1.165, 1.54) is 12.5 Å². The fourth-order valence-electron chi connectivity index (χ4n) is 7.15. The molecule has 0 aromatic heterocycles. The van der Waals surface area contributed by atoms with Crippen molar-refractivity contribution in [2.75, 3.05) is 7.11 Å². The zero-order chi connectivity index (χ0) is 35.0. The van der Waals surface area contributed by atoms with Crippen molar-refractivity contribution < 1.29 is 28.1 Å². The summed E-state index contributed by atoms with van der Waals surface area (Å²) in [4.78, 5) is 11.9. The Bertz CT molecular complexity index is 2240. The molecule has 1 aliphatic rings. The highest BCUT2D eigenvalue weighted by molar-refractivity contribution is 7.69. The number of carbonyl (C=O) groups is 1. The van der Waals surface area contributed by atoms with Gasteiger partial charge in [-0.15, -0.1) is 0 Å². The summed E-state index contributed by atoms with van der Waals surface area (Å²) in [5.74, 6) is 2.60. The molecule has 0 aliphatic carbocycles. The Hall–Kier alpha value is -5.58. The molecule has 1 aliphatic heterocycles. The van der Waals surface area contributed by atoms with Gasteiger partial charge in [-0.25, -0.2) is 0 Å². The minimum Gasteiger partial charge on any atom is -0.497 e. The second kappa shape index (κ2) is 13.0. The minimum absolute atomic E-state index is 0.381. The fourth-order valence-corrected chi connectivity index (χ4v) is 10.4. The van der Waals surface area contributed by atoms with E-state index in [-0.39, 0.29) is 0 Å². The Morgan fingerprint density at radius 3 is 1.70 bits per heavy atom. The van der Waals surface area contributed by atoms with Gasteiger partial charge in [-0.2, -0.15) is 0 Å². The number of hydrogen-bond donors (Lipinski definition) is 0. The maximum atomic E-state index is 16.6. The van der Waals surface area contributed by atoms with Gasteiger partial charge in [0.15, 0.2) is 0 Å². The van der Waals surface area contributed by atoms with Crippen molar-refractivity contribution in [3.8, 4) is 39.9 Å². The van der Waals surface area contributed by atoms with Crippen LogP contribution in [0.1, 0.15) is 40.3 Å². The molecule has 1 heterocycles. The molecule has 7 heteroatoms. The lowest BCUT2D eigenvalue weighted by molar-refractivity contribution is -0.131. The highest BCUT2D eigenvalue weighted by Crippen LogP contribution is 2.71. The lowest BCUT2D eigenvalue weighted by Gasteiger charge is -2.44. The molecule has 0 fully saturated rings. The average Bonchev–Trinajstić information content (AvgIpc) is 3.11. The maximum absolute atomic E-state index is 16.6. The van der Waals surface area contributed by atoms with E-state index in [2.05, 4.69) is 19.1 Å². The van der Waals surface area contributed by atoms with Crippen LogP contribution in [0.4, 0.5) is 0 Å². The summed E-state index contributed by atoms with van der Waals surface area (Å²) < 4.78 is 40.9. The number of esters is 1. The van der Waals surface area contributed by atoms with E-state index in [4.69, 9.17) is 18.7 Å². The zero-order valence-electron chi connectivity index (χ0n) is 28.6. The number of rotatable bonds is 8. The number of aryl methyl sites for hydroxylation is 3. The molecular weight excluding hydrogens is 643 g/mol. The molecule has 2 atom stereocenters. The first-order valence-corrected chi connectivity index (χ1v) is 18.0. The number of methoxy groups -OCH3 is 1. The van der Waals surface area contributed by atoms with Crippen molar-refractivity contribution in [1.82, 2.24) is 0 Å². The van der Waals surface area contributed by atoms with Gasteiger partial charge in [0.2, 0.25) is 0 Å². The number of hydrogen-bond acceptors (Lipinski definition) is 6. The summed E-state index contributed by atoms with van der Waals surface area (Å²) in [6.07, 6.45) is 0. The van der Waals surface area contributed by atoms with Gasteiger partial charge in [0, 0.05) is 12.5 Å². The molecule has 0 saturated carbocycles. The van der Waals surface area contributed by atoms with Crippen molar-refractivity contribution in [2.24, 2.45) is 0 Å². The SMILES string of the molecule is COc1ccc(C(c2ccc(OC(C)=O)cc2)(c2ccc(Oc3c(C)cc(C)cc3C)cc2)P2(=O)Oc3ccccc3-c3ccccc32)cc1. The van der Waals surface area contributed by atoms with Crippen LogP contribution in [-0.4, -0.2) is 13.1 Å². The molecule has 6 nitrogen and oxygen atoms in total. The first-order valence-electron chi connectivity index (χ1n) is 16.4. The zero-order valence-corrected chi connectivity index (χ0v) is 29.5. The molecule has 250 valence electrons. The van der Waals surface area contributed by atoms with Crippen molar-refractivity contribution >= 4 is 18.6 Å². The molecule has 50 heavy (non-hydrogen) atoms. The molecule has 0 spiro atoms. The number of carbonyl (C=O) groups excluding carboxylic acids is 1. The van der Waals surface area contributed by atoms with Gasteiger partial charge in [0.25, 0.3) is 7.37 Å². The van der Waals surface area contributed by atoms with E-state index in [0.29, 0.717) is 33.9 Å². The third-order valence-electron chi connectivity index (χ3n) is 9.21. The van der Waals surface area contributed by atoms with Crippen molar-refractivity contribution in [3.63, 3.8) is 0 Å². The lowest BCUT2D eigenvalue weighted by Crippen LogP contribution is -2.38. The molecule has 2 unspecified atom stereocenters. The molecule has 6 aromatic rings. The summed E-state index contributed by atoms with van der Waals surface area (Å²) in [6, 6.07) is 42.2. The molecule has 0 N–H and O–H groups in total. The first-order chi connectivity index (χ1) is 24.1. The average molecular weight is 681 g/mol. The van der Waals surface area contributed by atoms with E-state index in [9.17, 15) is 4.79 Å². The third kappa shape index (κ3) is 5.56. The number of ether oxygens (including phenoxy) is 3. The van der Waals surface area contributed by atoms with Crippen LogP contribution in [0.15, 0.2) is 133 Å². The van der Waals surface area contributed by atoms with Crippen molar-refractivity contribution in [1.29, 1.82) is 0 Å². The summed E-state index contributed by atoms with van der Waals surface area (Å²) in [7, 11) is -2.38. The Morgan fingerprint density at radius 1 is 0.640 bits per heavy atom. The standard InChI is InChI=1S/C43H37O6P/c1-28-26-29(2)42(30(3)27-28)48-37-24-18-34(19-25-37)43(32-14-20-35(46-5)21-15-32,33-16-22-36(23-17-33)47-31(4)44)50(45)41-13-9-7-11-39(41)38-10-6-8-12-40(38)49-50/h6-27H,1-5H3. The van der Waals surface area contributed by atoms with Gasteiger partial charge in [-0.05, 0) is 103 Å². The highest BCUT2D eigenvalue weighted by Gasteiger charge is 2.58. The Balaban J connectivity index is 1.51. The van der Waals surface area contributed by atoms with Gasteiger partial charge in [0.05, 0.1) is 12.4 Å². The normalized spacial score (nSPS) is 15.9. The Labute approximate surface area is 292 Å². The van der Waals surface area contributed by atoms with Crippen LogP contribution in [0.3, 0.4) is 0 Å². The van der Waals surface area contributed by atoms with E-state index in [1.54, 1.807) is 19.2 Å². The lowest BCUT2D eigenvalue weighted by atomic mass is 9.83. The number of fused-ring (bicyclic) bond motifs is 3. The maximum Gasteiger partial charge on any atom is 0.308 e. The van der Waals surface area contributed by atoms with Crippen LogP contribution in [-0.2, 0) is 14.5 Å². The summed E-state index contributed by atoms with van der Waals surface area (Å²) >= 11 is 0. The van der Waals surface area contributed by atoms with Gasteiger partial charge in [0.1, 0.15) is 33.9 Å². The van der Waals surface area contributed by atoms with E-state index >= 15 is 4.57 Å². The second-order valence-electron chi connectivity index (χ2n) is 12.6. The van der Waals surface area contributed by atoms with Crippen molar-refractivity contribution in [2.45, 2.75) is 32.9 Å². The summed E-state index contributed by atoms with van der Waals surface area (Å²) in [5, 5.41) is -0.781. The summed E-state index contributed by atoms with van der Waals surface area (Å²) in [5.41, 5.74) is 7.12. The quantitative estimate of drug-likeness (QED) is 0.0690. The molecule has 0 amide bonds. The predicted octanol–water partition coefficient (Wildman–Crippen LogP) is 10.3.